The standard InChI is InChI=1S/C16H25N3O.ClH/c1-2-3-14-4-6-15(7-5-14)16(20)18-10-13-19-11-8-17-9-12-19;/h4-7,17H,2-3,8-13H2,1H3,(H,18,20);1H. The molecule has 1 amide bonds. The number of nitrogens with one attached hydrogen (secondary N) is 2. The number of halogens is 1. The molecule has 0 bridgehead atoms. The first-order valence-corrected chi connectivity index (χ1v) is 7.60. The summed E-state index contributed by atoms with van der Waals surface area (Å²) in [6, 6.07) is 7.94. The number of aryl methyl sites for hydroxylation is 1. The summed E-state index contributed by atoms with van der Waals surface area (Å²) >= 11 is 0. The van der Waals surface area contributed by atoms with Crippen LogP contribution in [0.3, 0.4) is 0 Å². The van der Waals surface area contributed by atoms with Crippen molar-refractivity contribution < 1.29 is 4.79 Å². The lowest BCUT2D eigenvalue weighted by molar-refractivity contribution is 0.0947. The Balaban J connectivity index is 0.00000220. The highest BCUT2D eigenvalue weighted by Crippen LogP contribution is 2.06. The average Bonchev–Trinajstić information content (AvgIpc) is 2.49. The number of nitrogens with zero attached hydrogens (tertiary/aromatic N) is 1. The van der Waals surface area contributed by atoms with Gasteiger partial charge in [0, 0.05) is 44.8 Å². The fraction of sp³-hybridized carbons (Fsp3) is 0.562. The fourth-order valence-corrected chi connectivity index (χ4v) is 2.48. The van der Waals surface area contributed by atoms with Crippen molar-refractivity contribution in [3.63, 3.8) is 0 Å². The number of hydrogen-bond acceptors (Lipinski definition) is 3. The number of benzene rings is 1. The Kier molecular flexibility index (Phi) is 8.35. The number of rotatable bonds is 6. The first kappa shape index (κ1) is 18.0. The molecule has 1 aromatic carbocycles. The van der Waals surface area contributed by atoms with E-state index in [2.05, 4.69) is 34.6 Å². The maximum Gasteiger partial charge on any atom is 0.251 e. The molecule has 0 saturated carbocycles. The second-order valence-corrected chi connectivity index (χ2v) is 5.29. The van der Waals surface area contributed by atoms with E-state index in [-0.39, 0.29) is 18.3 Å². The van der Waals surface area contributed by atoms with E-state index in [4.69, 9.17) is 0 Å². The minimum absolute atomic E-state index is 0. The van der Waals surface area contributed by atoms with Gasteiger partial charge in [-0.25, -0.2) is 0 Å². The third-order valence-electron chi connectivity index (χ3n) is 3.68. The Hall–Kier alpha value is -1.10. The number of piperazine rings is 1. The van der Waals surface area contributed by atoms with Crippen molar-refractivity contribution in [2.24, 2.45) is 0 Å². The van der Waals surface area contributed by atoms with Crippen LogP contribution in [-0.4, -0.2) is 50.1 Å². The van der Waals surface area contributed by atoms with Crippen molar-refractivity contribution in [3.05, 3.63) is 35.4 Å². The summed E-state index contributed by atoms with van der Waals surface area (Å²) in [5.74, 6) is 0.0307. The van der Waals surface area contributed by atoms with Gasteiger partial charge in [0.25, 0.3) is 5.91 Å². The molecular formula is C16H26ClN3O. The molecule has 4 nitrogen and oxygen atoms in total. The van der Waals surface area contributed by atoms with E-state index in [1.54, 1.807) is 0 Å². The Morgan fingerprint density at radius 3 is 2.52 bits per heavy atom. The van der Waals surface area contributed by atoms with Gasteiger partial charge >= 0.3 is 0 Å². The average molecular weight is 312 g/mol. The lowest BCUT2D eigenvalue weighted by atomic mass is 10.1. The van der Waals surface area contributed by atoms with Gasteiger partial charge in [0.1, 0.15) is 0 Å². The first-order valence-electron chi connectivity index (χ1n) is 7.60. The lowest BCUT2D eigenvalue weighted by Crippen LogP contribution is -2.46. The zero-order valence-corrected chi connectivity index (χ0v) is 13.5. The van der Waals surface area contributed by atoms with Gasteiger partial charge in [-0.05, 0) is 24.1 Å². The van der Waals surface area contributed by atoms with Crippen LogP contribution in [0.15, 0.2) is 24.3 Å². The number of amides is 1. The molecule has 1 aliphatic heterocycles. The maximum atomic E-state index is 12.0. The second-order valence-electron chi connectivity index (χ2n) is 5.29. The summed E-state index contributed by atoms with van der Waals surface area (Å²) in [6.45, 7) is 8.05. The van der Waals surface area contributed by atoms with Crippen molar-refractivity contribution in [1.29, 1.82) is 0 Å². The molecule has 0 unspecified atom stereocenters. The monoisotopic (exact) mass is 311 g/mol. The Labute approximate surface area is 133 Å². The van der Waals surface area contributed by atoms with Gasteiger partial charge in [-0.3, -0.25) is 9.69 Å². The zero-order valence-electron chi connectivity index (χ0n) is 12.7. The second kappa shape index (κ2) is 9.77. The zero-order chi connectivity index (χ0) is 14.2. The van der Waals surface area contributed by atoms with Gasteiger partial charge in [0.05, 0.1) is 0 Å². The van der Waals surface area contributed by atoms with E-state index in [0.29, 0.717) is 0 Å². The van der Waals surface area contributed by atoms with Crippen molar-refractivity contribution >= 4 is 18.3 Å². The molecule has 1 saturated heterocycles. The maximum absolute atomic E-state index is 12.0. The summed E-state index contributed by atoms with van der Waals surface area (Å²) in [5, 5.41) is 6.32. The molecule has 2 N–H and O–H groups in total. The Morgan fingerprint density at radius 2 is 1.90 bits per heavy atom. The molecule has 0 radical (unpaired) electrons. The van der Waals surface area contributed by atoms with Crippen LogP contribution in [0, 0.1) is 0 Å². The molecular weight excluding hydrogens is 286 g/mol. The lowest BCUT2D eigenvalue weighted by Gasteiger charge is -2.27. The van der Waals surface area contributed by atoms with Crippen LogP contribution in [0.1, 0.15) is 29.3 Å². The quantitative estimate of drug-likeness (QED) is 0.840. The van der Waals surface area contributed by atoms with Crippen molar-refractivity contribution in [1.82, 2.24) is 15.5 Å². The molecule has 1 heterocycles. The predicted molar refractivity (Wildman–Crippen MR) is 89.3 cm³/mol. The molecule has 0 aliphatic carbocycles. The van der Waals surface area contributed by atoms with E-state index in [1.807, 2.05) is 12.1 Å². The highest BCUT2D eigenvalue weighted by Gasteiger charge is 2.10. The van der Waals surface area contributed by atoms with Crippen LogP contribution in [-0.2, 0) is 6.42 Å². The molecule has 0 atom stereocenters. The highest BCUT2D eigenvalue weighted by molar-refractivity contribution is 5.94. The molecule has 118 valence electrons. The summed E-state index contributed by atoms with van der Waals surface area (Å²) in [6.07, 6.45) is 2.21. The summed E-state index contributed by atoms with van der Waals surface area (Å²) in [4.78, 5) is 14.4. The molecule has 21 heavy (non-hydrogen) atoms. The SMILES string of the molecule is CCCc1ccc(C(=O)NCCN2CCNCC2)cc1.Cl. The molecule has 1 aromatic rings. The van der Waals surface area contributed by atoms with Crippen LogP contribution >= 0.6 is 12.4 Å². The van der Waals surface area contributed by atoms with Gasteiger partial charge in [0.2, 0.25) is 0 Å². The van der Waals surface area contributed by atoms with E-state index in [9.17, 15) is 4.79 Å². The van der Waals surface area contributed by atoms with Crippen LogP contribution in [0.2, 0.25) is 0 Å². The van der Waals surface area contributed by atoms with Gasteiger partial charge in [-0.2, -0.15) is 0 Å². The van der Waals surface area contributed by atoms with Crippen LogP contribution in [0.4, 0.5) is 0 Å². The molecule has 1 fully saturated rings. The smallest absolute Gasteiger partial charge is 0.251 e. The largest absolute Gasteiger partial charge is 0.351 e. The van der Waals surface area contributed by atoms with Crippen molar-refractivity contribution in [2.45, 2.75) is 19.8 Å². The van der Waals surface area contributed by atoms with Crippen LogP contribution < -0.4 is 10.6 Å². The molecule has 0 aromatic heterocycles. The Bertz CT molecular complexity index is 416. The topological polar surface area (TPSA) is 44.4 Å². The predicted octanol–water partition coefficient (Wildman–Crippen LogP) is 1.70. The molecule has 0 spiro atoms. The summed E-state index contributed by atoms with van der Waals surface area (Å²) in [7, 11) is 0. The summed E-state index contributed by atoms with van der Waals surface area (Å²) in [5.41, 5.74) is 2.05. The highest BCUT2D eigenvalue weighted by atomic mass is 35.5. The van der Waals surface area contributed by atoms with Crippen molar-refractivity contribution in [2.75, 3.05) is 39.3 Å². The minimum Gasteiger partial charge on any atom is -0.351 e. The van der Waals surface area contributed by atoms with Crippen LogP contribution in [0.5, 0.6) is 0 Å². The third-order valence-corrected chi connectivity index (χ3v) is 3.68. The number of hydrogen-bond donors (Lipinski definition) is 2. The normalized spacial score (nSPS) is 15.3. The number of carbonyl (C=O) groups excluding carboxylic acids is 1. The molecule has 5 heteroatoms. The van der Waals surface area contributed by atoms with Crippen LogP contribution in [0.25, 0.3) is 0 Å². The minimum atomic E-state index is 0. The third kappa shape index (κ3) is 6.04. The van der Waals surface area contributed by atoms with Gasteiger partial charge < -0.3 is 10.6 Å². The molecule has 2 rings (SSSR count). The molecule has 1 aliphatic rings. The van der Waals surface area contributed by atoms with Gasteiger partial charge in [-0.15, -0.1) is 12.4 Å². The van der Waals surface area contributed by atoms with E-state index >= 15 is 0 Å². The van der Waals surface area contributed by atoms with Gasteiger partial charge in [-0.1, -0.05) is 25.5 Å². The van der Waals surface area contributed by atoms with Gasteiger partial charge in [0.15, 0.2) is 0 Å². The van der Waals surface area contributed by atoms with E-state index in [0.717, 1.165) is 57.7 Å². The van der Waals surface area contributed by atoms with Crippen molar-refractivity contribution in [3.8, 4) is 0 Å². The van der Waals surface area contributed by atoms with E-state index < -0.39 is 0 Å². The first-order chi connectivity index (χ1) is 9.79. The number of carbonyl (C=O) groups is 1. The van der Waals surface area contributed by atoms with E-state index in [1.165, 1.54) is 5.56 Å². The summed E-state index contributed by atoms with van der Waals surface area (Å²) < 4.78 is 0. The fourth-order valence-electron chi connectivity index (χ4n) is 2.48. The Morgan fingerprint density at radius 1 is 1.24 bits per heavy atom.